The Kier molecular flexibility index (Phi) is 4.25. The molecule has 128 valence electrons. The molecule has 7 nitrogen and oxygen atoms in total. The summed E-state index contributed by atoms with van der Waals surface area (Å²) in [5.41, 5.74) is 0.492. The minimum Gasteiger partial charge on any atom is -0.479 e. The predicted octanol–water partition coefficient (Wildman–Crippen LogP) is 2.01. The molecule has 3 rings (SSSR count). The molecule has 1 atom stereocenters. The number of carboxylic acid groups (broad SMARTS) is 1. The standard InChI is InChI=1S/C16H20N4O3S/c1-9(2)20-13-11(7-17-20)6-12(10(3)18-13)14(21)19-16(15(22)23)4-5-24-8-16/h6-7,9H,4-5,8H2,1-3H3,(H,19,21)(H,22,23). The van der Waals surface area contributed by atoms with Gasteiger partial charge in [-0.3, -0.25) is 4.79 Å². The van der Waals surface area contributed by atoms with E-state index >= 15 is 0 Å². The van der Waals surface area contributed by atoms with Gasteiger partial charge >= 0.3 is 5.97 Å². The molecule has 0 aliphatic carbocycles. The SMILES string of the molecule is Cc1nc2c(cnn2C(C)C)cc1C(=O)NC1(C(=O)O)CCSC1. The van der Waals surface area contributed by atoms with Crippen LogP contribution in [0.2, 0.25) is 0 Å². The Morgan fingerprint density at radius 1 is 1.46 bits per heavy atom. The number of aromatic nitrogens is 3. The van der Waals surface area contributed by atoms with E-state index in [1.807, 2.05) is 13.8 Å². The Morgan fingerprint density at radius 3 is 2.79 bits per heavy atom. The summed E-state index contributed by atoms with van der Waals surface area (Å²) < 4.78 is 1.80. The van der Waals surface area contributed by atoms with E-state index in [9.17, 15) is 14.7 Å². The van der Waals surface area contributed by atoms with Crippen LogP contribution >= 0.6 is 11.8 Å². The van der Waals surface area contributed by atoms with E-state index in [0.717, 1.165) is 16.8 Å². The van der Waals surface area contributed by atoms with Crippen LogP contribution in [0.4, 0.5) is 0 Å². The summed E-state index contributed by atoms with van der Waals surface area (Å²) in [7, 11) is 0. The molecule has 24 heavy (non-hydrogen) atoms. The first-order valence-electron chi connectivity index (χ1n) is 7.82. The Morgan fingerprint density at radius 2 is 2.21 bits per heavy atom. The van der Waals surface area contributed by atoms with E-state index in [4.69, 9.17) is 0 Å². The lowest BCUT2D eigenvalue weighted by atomic mass is 9.98. The minimum atomic E-state index is -1.19. The van der Waals surface area contributed by atoms with Gasteiger partial charge in [-0.1, -0.05) is 0 Å². The number of pyridine rings is 1. The first kappa shape index (κ1) is 16.8. The fraction of sp³-hybridized carbons (Fsp3) is 0.500. The lowest BCUT2D eigenvalue weighted by Crippen LogP contribution is -2.54. The summed E-state index contributed by atoms with van der Waals surface area (Å²) in [6, 6.07) is 1.90. The van der Waals surface area contributed by atoms with Crippen molar-refractivity contribution in [1.82, 2.24) is 20.1 Å². The van der Waals surface area contributed by atoms with Gasteiger partial charge in [-0.25, -0.2) is 14.5 Å². The second kappa shape index (κ2) is 6.08. The average molecular weight is 348 g/mol. The van der Waals surface area contributed by atoms with Crippen molar-refractivity contribution in [1.29, 1.82) is 0 Å². The molecule has 0 aromatic carbocycles. The van der Waals surface area contributed by atoms with E-state index in [0.29, 0.717) is 23.4 Å². The van der Waals surface area contributed by atoms with Crippen LogP contribution in [0.3, 0.4) is 0 Å². The average Bonchev–Trinajstić information content (AvgIpc) is 3.13. The van der Waals surface area contributed by atoms with Crippen LogP contribution in [0.1, 0.15) is 42.4 Å². The number of rotatable bonds is 4. The van der Waals surface area contributed by atoms with Crippen LogP contribution in [0, 0.1) is 6.92 Å². The van der Waals surface area contributed by atoms with Crippen LogP contribution in [-0.2, 0) is 4.79 Å². The Labute approximate surface area is 143 Å². The number of hydrogen-bond donors (Lipinski definition) is 2. The second-order valence-electron chi connectivity index (χ2n) is 6.36. The van der Waals surface area contributed by atoms with E-state index in [1.54, 1.807) is 23.9 Å². The van der Waals surface area contributed by atoms with E-state index in [1.165, 1.54) is 11.8 Å². The number of fused-ring (bicyclic) bond motifs is 1. The van der Waals surface area contributed by atoms with Crippen LogP contribution in [0.5, 0.6) is 0 Å². The van der Waals surface area contributed by atoms with Crippen molar-refractivity contribution in [3.63, 3.8) is 0 Å². The van der Waals surface area contributed by atoms with Gasteiger partial charge < -0.3 is 10.4 Å². The van der Waals surface area contributed by atoms with Crippen molar-refractivity contribution in [2.45, 2.75) is 38.8 Å². The summed E-state index contributed by atoms with van der Waals surface area (Å²) in [6.45, 7) is 5.78. The Bertz CT molecular complexity index is 809. The number of carbonyl (C=O) groups excluding carboxylic acids is 1. The van der Waals surface area contributed by atoms with Crippen LogP contribution in [0.15, 0.2) is 12.3 Å². The number of nitrogens with one attached hydrogen (secondary N) is 1. The molecule has 3 heterocycles. The minimum absolute atomic E-state index is 0.167. The zero-order valence-electron chi connectivity index (χ0n) is 13.9. The first-order chi connectivity index (χ1) is 11.3. The fourth-order valence-corrected chi connectivity index (χ4v) is 4.17. The van der Waals surface area contributed by atoms with Gasteiger partial charge in [0.05, 0.1) is 17.5 Å². The maximum atomic E-state index is 12.7. The molecule has 1 saturated heterocycles. The molecule has 0 saturated carbocycles. The number of nitrogens with zero attached hydrogens (tertiary/aromatic N) is 3. The van der Waals surface area contributed by atoms with Gasteiger partial charge in [0, 0.05) is 17.2 Å². The third kappa shape index (κ3) is 2.75. The smallest absolute Gasteiger partial charge is 0.330 e. The molecule has 2 aromatic heterocycles. The van der Waals surface area contributed by atoms with Gasteiger partial charge in [0.2, 0.25) is 0 Å². The van der Waals surface area contributed by atoms with Gasteiger partial charge in [0.25, 0.3) is 5.91 Å². The number of carboxylic acids is 1. The molecule has 1 unspecified atom stereocenters. The van der Waals surface area contributed by atoms with Gasteiger partial charge in [0.1, 0.15) is 5.54 Å². The Hall–Kier alpha value is -2.09. The highest BCUT2D eigenvalue weighted by atomic mass is 32.2. The highest BCUT2D eigenvalue weighted by molar-refractivity contribution is 7.99. The van der Waals surface area contributed by atoms with Gasteiger partial charge in [-0.15, -0.1) is 0 Å². The molecule has 0 bridgehead atoms. The maximum Gasteiger partial charge on any atom is 0.330 e. The molecule has 0 radical (unpaired) electrons. The summed E-state index contributed by atoms with van der Waals surface area (Å²) in [4.78, 5) is 28.8. The van der Waals surface area contributed by atoms with Crippen molar-refractivity contribution in [2.75, 3.05) is 11.5 Å². The molecular weight excluding hydrogens is 328 g/mol. The molecule has 1 amide bonds. The first-order valence-corrected chi connectivity index (χ1v) is 8.98. The molecule has 1 aliphatic heterocycles. The van der Waals surface area contributed by atoms with Crippen LogP contribution < -0.4 is 5.32 Å². The van der Waals surface area contributed by atoms with E-state index in [-0.39, 0.29) is 6.04 Å². The molecule has 2 N–H and O–H groups in total. The van der Waals surface area contributed by atoms with E-state index in [2.05, 4.69) is 15.4 Å². The summed E-state index contributed by atoms with van der Waals surface area (Å²) in [5.74, 6) is -0.276. The molecule has 2 aromatic rings. The summed E-state index contributed by atoms with van der Waals surface area (Å²) in [6.07, 6.45) is 2.11. The number of aryl methyl sites for hydroxylation is 1. The third-order valence-corrected chi connectivity index (χ3v) is 5.47. The van der Waals surface area contributed by atoms with Gasteiger partial charge in [-0.2, -0.15) is 16.9 Å². The van der Waals surface area contributed by atoms with Crippen LogP contribution in [-0.4, -0.2) is 48.8 Å². The monoisotopic (exact) mass is 348 g/mol. The van der Waals surface area contributed by atoms with Crippen molar-refractivity contribution < 1.29 is 14.7 Å². The number of hydrogen-bond acceptors (Lipinski definition) is 5. The maximum absolute atomic E-state index is 12.7. The number of carbonyl (C=O) groups is 2. The molecule has 8 heteroatoms. The van der Waals surface area contributed by atoms with E-state index < -0.39 is 17.4 Å². The summed E-state index contributed by atoms with van der Waals surface area (Å²) in [5, 5.41) is 17.3. The quantitative estimate of drug-likeness (QED) is 0.877. The van der Waals surface area contributed by atoms with Gasteiger partial charge in [-0.05, 0) is 39.0 Å². The lowest BCUT2D eigenvalue weighted by Gasteiger charge is -2.24. The number of aliphatic carboxylic acids is 1. The Balaban J connectivity index is 1.95. The largest absolute Gasteiger partial charge is 0.479 e. The zero-order chi connectivity index (χ0) is 17.5. The normalized spacial score (nSPS) is 20.7. The third-order valence-electron chi connectivity index (χ3n) is 4.28. The highest BCUT2D eigenvalue weighted by Crippen LogP contribution is 2.29. The fourth-order valence-electron chi connectivity index (χ4n) is 2.84. The van der Waals surface area contributed by atoms with Crippen LogP contribution in [0.25, 0.3) is 11.0 Å². The van der Waals surface area contributed by atoms with Gasteiger partial charge in [0.15, 0.2) is 5.65 Å². The molecule has 1 aliphatic rings. The topological polar surface area (TPSA) is 97.1 Å². The van der Waals surface area contributed by atoms with Crippen molar-refractivity contribution >= 4 is 34.7 Å². The van der Waals surface area contributed by atoms with Crippen molar-refractivity contribution in [2.24, 2.45) is 0 Å². The number of thioether (sulfide) groups is 1. The molecular formula is C16H20N4O3S. The van der Waals surface area contributed by atoms with Crippen molar-refractivity contribution in [3.05, 3.63) is 23.5 Å². The molecule has 0 spiro atoms. The lowest BCUT2D eigenvalue weighted by molar-refractivity contribution is -0.143. The number of amides is 1. The highest BCUT2D eigenvalue weighted by Gasteiger charge is 2.43. The summed E-state index contributed by atoms with van der Waals surface area (Å²) >= 11 is 1.54. The predicted molar refractivity (Wildman–Crippen MR) is 92.4 cm³/mol. The van der Waals surface area contributed by atoms with Crippen molar-refractivity contribution in [3.8, 4) is 0 Å². The zero-order valence-corrected chi connectivity index (χ0v) is 14.7. The second-order valence-corrected chi connectivity index (χ2v) is 7.47. The molecule has 1 fully saturated rings.